The molecule has 0 saturated heterocycles. The van der Waals surface area contributed by atoms with Gasteiger partial charge in [0.05, 0.1) is 34.6 Å². The number of rotatable bonds is 5. The van der Waals surface area contributed by atoms with Crippen molar-refractivity contribution in [1.82, 2.24) is 5.32 Å². The lowest BCUT2D eigenvalue weighted by Crippen LogP contribution is -2.31. The lowest BCUT2D eigenvalue weighted by Gasteiger charge is -2.32. The Bertz CT molecular complexity index is 1100. The molecule has 2 aromatic rings. The number of furan rings is 1. The van der Waals surface area contributed by atoms with E-state index in [1.54, 1.807) is 18.2 Å². The van der Waals surface area contributed by atoms with Gasteiger partial charge < -0.3 is 15.1 Å². The van der Waals surface area contributed by atoms with Crippen molar-refractivity contribution in [3.8, 4) is 6.07 Å². The Balaban J connectivity index is 1.57. The van der Waals surface area contributed by atoms with Crippen molar-refractivity contribution in [1.29, 1.82) is 5.26 Å². The number of allylic oxidation sites excluding steroid dienone is 3. The van der Waals surface area contributed by atoms with Crippen LogP contribution < -0.4 is 10.6 Å². The summed E-state index contributed by atoms with van der Waals surface area (Å²) in [6, 6.07) is 11.3. The average molecular weight is 423 g/mol. The van der Waals surface area contributed by atoms with Crippen LogP contribution in [0.15, 0.2) is 69.0 Å². The fourth-order valence-electron chi connectivity index (χ4n) is 3.68. The van der Waals surface area contributed by atoms with Gasteiger partial charge in [0, 0.05) is 23.4 Å². The van der Waals surface area contributed by atoms with E-state index in [1.165, 1.54) is 36.2 Å². The molecule has 0 radical (unpaired) electrons. The number of amides is 1. The minimum absolute atomic E-state index is 0.00537. The van der Waals surface area contributed by atoms with Crippen molar-refractivity contribution >= 4 is 29.1 Å². The van der Waals surface area contributed by atoms with E-state index in [4.69, 9.17) is 4.42 Å². The molecule has 1 atom stereocenters. The predicted molar refractivity (Wildman–Crippen MR) is 111 cm³/mol. The van der Waals surface area contributed by atoms with Crippen LogP contribution in [0.1, 0.15) is 30.9 Å². The van der Waals surface area contributed by atoms with E-state index in [2.05, 4.69) is 16.7 Å². The van der Waals surface area contributed by atoms with Crippen LogP contribution in [0.5, 0.6) is 0 Å². The third kappa shape index (κ3) is 4.02. The lowest BCUT2D eigenvalue weighted by molar-refractivity contribution is -0.116. The number of carbonyl (C=O) groups is 2. The fourth-order valence-corrected chi connectivity index (χ4v) is 4.54. The van der Waals surface area contributed by atoms with E-state index >= 15 is 0 Å². The molecule has 152 valence electrons. The van der Waals surface area contributed by atoms with Crippen LogP contribution in [0, 0.1) is 17.1 Å². The number of hydrogen-bond acceptors (Lipinski definition) is 6. The van der Waals surface area contributed by atoms with E-state index in [0.29, 0.717) is 40.5 Å². The molecule has 1 aliphatic heterocycles. The van der Waals surface area contributed by atoms with Crippen LogP contribution in [0.2, 0.25) is 0 Å². The summed E-state index contributed by atoms with van der Waals surface area (Å²) in [7, 11) is 0. The first-order chi connectivity index (χ1) is 14.6. The van der Waals surface area contributed by atoms with Crippen molar-refractivity contribution in [2.24, 2.45) is 0 Å². The molecule has 2 aliphatic rings. The standard InChI is InChI=1S/C22H18FN3O3S/c23-13-4-1-5-14(10-13)25-19(28)12-30-22-15(11-24)20(18-8-3-9-29-18)21-16(26-22)6-2-7-17(21)27/h1,3-5,8-10,20,26H,2,6-7,12H2,(H,25,28)/t20-/m1/s1. The second kappa shape index (κ2) is 8.59. The first-order valence-electron chi connectivity index (χ1n) is 9.46. The van der Waals surface area contributed by atoms with Gasteiger partial charge in [-0.25, -0.2) is 4.39 Å². The van der Waals surface area contributed by atoms with Gasteiger partial charge >= 0.3 is 0 Å². The van der Waals surface area contributed by atoms with Crippen LogP contribution in [0.4, 0.5) is 10.1 Å². The molecule has 1 aromatic carbocycles. The molecule has 0 fully saturated rings. The van der Waals surface area contributed by atoms with Gasteiger partial charge in [-0.3, -0.25) is 9.59 Å². The fraction of sp³-hybridized carbons (Fsp3) is 0.227. The zero-order valence-electron chi connectivity index (χ0n) is 15.9. The minimum Gasteiger partial charge on any atom is -0.468 e. The van der Waals surface area contributed by atoms with Crippen LogP contribution >= 0.6 is 11.8 Å². The number of halogens is 1. The highest BCUT2D eigenvalue weighted by Crippen LogP contribution is 2.44. The van der Waals surface area contributed by atoms with E-state index < -0.39 is 11.7 Å². The number of carbonyl (C=O) groups excluding carboxylic acids is 2. The normalized spacial score (nSPS) is 18.5. The van der Waals surface area contributed by atoms with Crippen LogP contribution in [0.3, 0.4) is 0 Å². The number of nitrogens with one attached hydrogen (secondary N) is 2. The van der Waals surface area contributed by atoms with Gasteiger partial charge in [0.2, 0.25) is 5.91 Å². The first kappa shape index (κ1) is 20.0. The third-order valence-corrected chi connectivity index (χ3v) is 5.96. The lowest BCUT2D eigenvalue weighted by atomic mass is 9.79. The molecular weight excluding hydrogens is 405 g/mol. The summed E-state index contributed by atoms with van der Waals surface area (Å²) >= 11 is 1.17. The highest BCUT2D eigenvalue weighted by atomic mass is 32.2. The summed E-state index contributed by atoms with van der Waals surface area (Å²) in [6.07, 6.45) is 3.38. The maximum absolute atomic E-state index is 13.3. The molecule has 0 bridgehead atoms. The number of anilines is 1. The molecule has 0 spiro atoms. The molecule has 1 aromatic heterocycles. The number of nitrogens with zero attached hydrogens (tertiary/aromatic N) is 1. The zero-order chi connectivity index (χ0) is 21.1. The van der Waals surface area contributed by atoms with E-state index in [1.807, 2.05) is 0 Å². The molecule has 2 heterocycles. The van der Waals surface area contributed by atoms with Gasteiger partial charge in [0.25, 0.3) is 0 Å². The summed E-state index contributed by atoms with van der Waals surface area (Å²) in [5.41, 5.74) is 2.06. The van der Waals surface area contributed by atoms with Crippen LogP contribution in [-0.4, -0.2) is 17.4 Å². The number of dihydropyridines is 1. The molecule has 8 heteroatoms. The van der Waals surface area contributed by atoms with Gasteiger partial charge in [-0.2, -0.15) is 5.26 Å². The van der Waals surface area contributed by atoms with Gasteiger partial charge in [-0.05, 0) is 43.2 Å². The Morgan fingerprint density at radius 1 is 1.33 bits per heavy atom. The second-order valence-corrected chi connectivity index (χ2v) is 7.93. The quantitative estimate of drug-likeness (QED) is 0.748. The van der Waals surface area contributed by atoms with Gasteiger partial charge in [-0.1, -0.05) is 17.8 Å². The average Bonchev–Trinajstić information content (AvgIpc) is 3.26. The summed E-state index contributed by atoms with van der Waals surface area (Å²) in [5.74, 6) is -0.796. The maximum Gasteiger partial charge on any atom is 0.234 e. The molecule has 6 nitrogen and oxygen atoms in total. The van der Waals surface area contributed by atoms with Crippen molar-refractivity contribution in [2.75, 3.05) is 11.1 Å². The molecule has 4 rings (SSSR count). The molecule has 1 amide bonds. The number of Topliss-reactive ketones (excluding diaryl/α,β-unsaturated/α-hetero) is 1. The SMILES string of the molecule is N#CC1=C(SCC(=O)Nc2cccc(F)c2)NC2=C(C(=O)CCC2)[C@H]1c1ccco1. The van der Waals surface area contributed by atoms with Gasteiger partial charge in [0.1, 0.15) is 11.6 Å². The first-order valence-corrected chi connectivity index (χ1v) is 10.4. The Morgan fingerprint density at radius 2 is 2.20 bits per heavy atom. The predicted octanol–water partition coefficient (Wildman–Crippen LogP) is 4.22. The number of nitriles is 1. The summed E-state index contributed by atoms with van der Waals surface area (Å²) < 4.78 is 18.8. The van der Waals surface area contributed by atoms with Crippen LogP contribution in [-0.2, 0) is 9.59 Å². The van der Waals surface area contributed by atoms with Crippen molar-refractivity contribution < 1.29 is 18.4 Å². The molecule has 0 saturated carbocycles. The van der Waals surface area contributed by atoms with E-state index in [-0.39, 0.29) is 17.4 Å². The molecule has 1 aliphatic carbocycles. The van der Waals surface area contributed by atoms with Gasteiger partial charge in [0.15, 0.2) is 5.78 Å². The third-order valence-electron chi connectivity index (χ3n) is 4.95. The Hall–Kier alpha value is -3.31. The molecule has 30 heavy (non-hydrogen) atoms. The van der Waals surface area contributed by atoms with Crippen molar-refractivity contribution in [3.63, 3.8) is 0 Å². The number of benzene rings is 1. The van der Waals surface area contributed by atoms with E-state index in [9.17, 15) is 19.2 Å². The minimum atomic E-state index is -0.581. The molecular formula is C22H18FN3O3S. The van der Waals surface area contributed by atoms with E-state index in [0.717, 1.165) is 12.1 Å². The summed E-state index contributed by atoms with van der Waals surface area (Å²) in [5, 5.41) is 16.2. The second-order valence-electron chi connectivity index (χ2n) is 6.94. The number of hydrogen-bond donors (Lipinski definition) is 2. The number of thioether (sulfide) groups is 1. The number of ketones is 1. The maximum atomic E-state index is 13.3. The van der Waals surface area contributed by atoms with Crippen LogP contribution in [0.25, 0.3) is 0 Å². The molecule has 2 N–H and O–H groups in total. The topological polar surface area (TPSA) is 95.1 Å². The Kier molecular flexibility index (Phi) is 5.72. The van der Waals surface area contributed by atoms with Crippen molar-refractivity contribution in [2.45, 2.75) is 25.2 Å². The highest BCUT2D eigenvalue weighted by molar-refractivity contribution is 8.03. The largest absolute Gasteiger partial charge is 0.468 e. The monoisotopic (exact) mass is 423 g/mol. The Morgan fingerprint density at radius 3 is 2.93 bits per heavy atom. The smallest absolute Gasteiger partial charge is 0.234 e. The Labute approximate surface area is 176 Å². The van der Waals surface area contributed by atoms with Crippen molar-refractivity contribution in [3.05, 3.63) is 76.1 Å². The molecule has 0 unspecified atom stereocenters. The summed E-state index contributed by atoms with van der Waals surface area (Å²) in [6.45, 7) is 0. The summed E-state index contributed by atoms with van der Waals surface area (Å²) in [4.78, 5) is 25.0. The zero-order valence-corrected chi connectivity index (χ0v) is 16.7. The van der Waals surface area contributed by atoms with Gasteiger partial charge in [-0.15, -0.1) is 0 Å². The highest BCUT2D eigenvalue weighted by Gasteiger charge is 2.38.